The number of ether oxygens (including phenoxy) is 1. The number of fused-ring (bicyclic) bond motifs is 2. The van der Waals surface area contributed by atoms with Gasteiger partial charge in [0.15, 0.2) is 0 Å². The van der Waals surface area contributed by atoms with Gasteiger partial charge < -0.3 is 14.2 Å². The molecule has 0 unspecified atom stereocenters. The molecule has 0 radical (unpaired) electrons. The van der Waals surface area contributed by atoms with Gasteiger partial charge in [-0.3, -0.25) is 4.79 Å². The molecule has 0 atom stereocenters. The Labute approximate surface area is 163 Å². The molecule has 0 fully saturated rings. The van der Waals surface area contributed by atoms with Gasteiger partial charge >= 0.3 is 0 Å². The first-order valence-corrected chi connectivity index (χ1v) is 9.28. The van der Waals surface area contributed by atoms with Gasteiger partial charge in [-0.2, -0.15) is 0 Å². The number of carbonyl (C=O) groups is 1. The molecule has 2 heterocycles. The standard InChI is InChI=1S/C24H20N2O2/c1-25-12-11-18-13-20(7-10-23(18)25)26-15-19-4-3-17(14-22(19)24(26)27)16-5-8-21(28-2)9-6-16/h3-14H,15H2,1-2H3. The number of aromatic nitrogens is 1. The number of carbonyl (C=O) groups excluding carboxylic acids is 1. The summed E-state index contributed by atoms with van der Waals surface area (Å²) in [5.74, 6) is 0.879. The van der Waals surface area contributed by atoms with E-state index >= 15 is 0 Å². The minimum absolute atomic E-state index is 0.0562. The maximum Gasteiger partial charge on any atom is 0.258 e. The highest BCUT2D eigenvalue weighted by Crippen LogP contribution is 2.33. The van der Waals surface area contributed by atoms with Gasteiger partial charge in [0.05, 0.1) is 13.7 Å². The quantitative estimate of drug-likeness (QED) is 0.509. The summed E-state index contributed by atoms with van der Waals surface area (Å²) in [6.07, 6.45) is 2.04. The van der Waals surface area contributed by atoms with E-state index in [0.29, 0.717) is 6.54 Å². The Morgan fingerprint density at radius 2 is 1.68 bits per heavy atom. The van der Waals surface area contributed by atoms with E-state index in [1.54, 1.807) is 7.11 Å². The van der Waals surface area contributed by atoms with Crippen LogP contribution in [0.1, 0.15) is 15.9 Å². The highest BCUT2D eigenvalue weighted by atomic mass is 16.5. The van der Waals surface area contributed by atoms with Crippen molar-refractivity contribution in [3.63, 3.8) is 0 Å². The average molecular weight is 368 g/mol. The molecule has 0 spiro atoms. The Balaban J connectivity index is 1.49. The second-order valence-corrected chi connectivity index (χ2v) is 7.16. The summed E-state index contributed by atoms with van der Waals surface area (Å²) < 4.78 is 7.31. The monoisotopic (exact) mass is 368 g/mol. The van der Waals surface area contributed by atoms with E-state index in [9.17, 15) is 4.79 Å². The van der Waals surface area contributed by atoms with E-state index in [0.717, 1.165) is 44.6 Å². The predicted molar refractivity (Wildman–Crippen MR) is 112 cm³/mol. The summed E-state index contributed by atoms with van der Waals surface area (Å²) in [5, 5.41) is 1.14. The molecule has 1 aromatic heterocycles. The summed E-state index contributed by atoms with van der Waals surface area (Å²) in [7, 11) is 3.68. The maximum atomic E-state index is 13.1. The van der Waals surface area contributed by atoms with Crippen LogP contribution >= 0.6 is 0 Å². The van der Waals surface area contributed by atoms with Crippen LogP contribution in [0.25, 0.3) is 22.0 Å². The van der Waals surface area contributed by atoms with Gasteiger partial charge in [-0.25, -0.2) is 0 Å². The van der Waals surface area contributed by atoms with Crippen LogP contribution in [0.15, 0.2) is 72.9 Å². The van der Waals surface area contributed by atoms with Crippen molar-refractivity contribution in [2.75, 3.05) is 12.0 Å². The molecule has 4 aromatic rings. The molecule has 1 aliphatic heterocycles. The van der Waals surface area contributed by atoms with Crippen molar-refractivity contribution in [1.29, 1.82) is 0 Å². The van der Waals surface area contributed by atoms with Crippen molar-refractivity contribution < 1.29 is 9.53 Å². The molecule has 1 amide bonds. The second kappa shape index (κ2) is 6.27. The molecular formula is C24H20N2O2. The summed E-state index contributed by atoms with van der Waals surface area (Å²) >= 11 is 0. The van der Waals surface area contributed by atoms with Crippen molar-refractivity contribution in [2.45, 2.75) is 6.54 Å². The summed E-state index contributed by atoms with van der Waals surface area (Å²) in [6, 6.07) is 22.3. The zero-order valence-corrected chi connectivity index (χ0v) is 15.8. The molecule has 4 nitrogen and oxygen atoms in total. The van der Waals surface area contributed by atoms with Crippen LogP contribution in [0.3, 0.4) is 0 Å². The molecule has 1 aliphatic rings. The lowest BCUT2D eigenvalue weighted by Gasteiger charge is -2.16. The fourth-order valence-electron chi connectivity index (χ4n) is 3.91. The fraction of sp³-hybridized carbons (Fsp3) is 0.125. The lowest BCUT2D eigenvalue weighted by molar-refractivity contribution is 0.0996. The zero-order chi connectivity index (χ0) is 19.3. The summed E-state index contributed by atoms with van der Waals surface area (Å²) in [5.41, 5.74) is 6.05. The predicted octanol–water partition coefficient (Wildman–Crippen LogP) is 5.01. The number of nitrogens with zero attached hydrogens (tertiary/aromatic N) is 2. The number of benzene rings is 3. The zero-order valence-electron chi connectivity index (χ0n) is 15.8. The molecule has 138 valence electrons. The first-order valence-electron chi connectivity index (χ1n) is 9.28. The molecule has 0 bridgehead atoms. The van der Waals surface area contributed by atoms with Crippen molar-refractivity contribution in [3.8, 4) is 16.9 Å². The van der Waals surface area contributed by atoms with Crippen LogP contribution in [0.2, 0.25) is 0 Å². The molecule has 0 aliphatic carbocycles. The molecule has 0 saturated carbocycles. The largest absolute Gasteiger partial charge is 0.497 e. The van der Waals surface area contributed by atoms with Crippen molar-refractivity contribution >= 4 is 22.5 Å². The van der Waals surface area contributed by atoms with Gasteiger partial charge in [0.1, 0.15) is 5.75 Å². The van der Waals surface area contributed by atoms with Gasteiger partial charge in [0.2, 0.25) is 0 Å². The normalized spacial score (nSPS) is 13.2. The number of hydrogen-bond acceptors (Lipinski definition) is 2. The van der Waals surface area contributed by atoms with Crippen molar-refractivity contribution in [2.24, 2.45) is 7.05 Å². The maximum absolute atomic E-state index is 13.1. The highest BCUT2D eigenvalue weighted by Gasteiger charge is 2.29. The third kappa shape index (κ3) is 2.57. The SMILES string of the molecule is COc1ccc(-c2ccc3c(c2)C(=O)N(c2ccc4c(ccn4C)c2)C3)cc1. The molecule has 5 rings (SSSR count). The third-order valence-electron chi connectivity index (χ3n) is 5.52. The molecule has 28 heavy (non-hydrogen) atoms. The Hall–Kier alpha value is -3.53. The number of amides is 1. The Morgan fingerprint density at radius 1 is 0.893 bits per heavy atom. The fourth-order valence-corrected chi connectivity index (χ4v) is 3.91. The Bertz CT molecular complexity index is 1210. The molecule has 3 aromatic carbocycles. The smallest absolute Gasteiger partial charge is 0.258 e. The number of hydrogen-bond donors (Lipinski definition) is 0. The van der Waals surface area contributed by atoms with E-state index in [4.69, 9.17) is 4.74 Å². The van der Waals surface area contributed by atoms with Crippen molar-refractivity contribution in [3.05, 3.63) is 84.1 Å². The summed E-state index contributed by atoms with van der Waals surface area (Å²) in [6.45, 7) is 0.607. The van der Waals surface area contributed by atoms with Gasteiger partial charge in [0, 0.05) is 35.4 Å². The first-order chi connectivity index (χ1) is 13.6. The second-order valence-electron chi connectivity index (χ2n) is 7.16. The molecular weight excluding hydrogens is 348 g/mol. The van der Waals surface area contributed by atoms with Crippen LogP contribution in [-0.2, 0) is 13.6 Å². The van der Waals surface area contributed by atoms with E-state index in [-0.39, 0.29) is 5.91 Å². The Kier molecular flexibility index (Phi) is 3.72. The number of rotatable bonds is 3. The van der Waals surface area contributed by atoms with E-state index in [1.165, 1.54) is 0 Å². The van der Waals surface area contributed by atoms with Gasteiger partial charge in [0.25, 0.3) is 5.91 Å². The average Bonchev–Trinajstić information content (AvgIpc) is 3.27. The lowest BCUT2D eigenvalue weighted by atomic mass is 10.0. The lowest BCUT2D eigenvalue weighted by Crippen LogP contribution is -2.22. The van der Waals surface area contributed by atoms with E-state index < -0.39 is 0 Å². The van der Waals surface area contributed by atoms with Crippen LogP contribution < -0.4 is 9.64 Å². The highest BCUT2D eigenvalue weighted by molar-refractivity contribution is 6.11. The number of aryl methyl sites for hydroxylation is 1. The molecule has 4 heteroatoms. The summed E-state index contributed by atoms with van der Waals surface area (Å²) in [4.78, 5) is 15.0. The van der Waals surface area contributed by atoms with Gasteiger partial charge in [-0.1, -0.05) is 24.3 Å². The van der Waals surface area contributed by atoms with Crippen LogP contribution in [0.5, 0.6) is 5.75 Å². The van der Waals surface area contributed by atoms with Crippen LogP contribution in [0, 0.1) is 0 Å². The van der Waals surface area contributed by atoms with Crippen LogP contribution in [-0.4, -0.2) is 17.6 Å². The topological polar surface area (TPSA) is 34.5 Å². The number of methoxy groups -OCH3 is 1. The number of anilines is 1. The van der Waals surface area contributed by atoms with Gasteiger partial charge in [-0.15, -0.1) is 0 Å². The Morgan fingerprint density at radius 3 is 2.46 bits per heavy atom. The minimum atomic E-state index is 0.0562. The van der Waals surface area contributed by atoms with E-state index in [2.05, 4.69) is 34.9 Å². The van der Waals surface area contributed by atoms with Crippen molar-refractivity contribution in [1.82, 2.24) is 4.57 Å². The first kappa shape index (κ1) is 16.6. The van der Waals surface area contributed by atoms with E-state index in [1.807, 2.05) is 54.5 Å². The molecule has 0 saturated heterocycles. The third-order valence-corrected chi connectivity index (χ3v) is 5.52. The minimum Gasteiger partial charge on any atom is -0.497 e. The van der Waals surface area contributed by atoms with Crippen LogP contribution in [0.4, 0.5) is 5.69 Å². The van der Waals surface area contributed by atoms with Gasteiger partial charge in [-0.05, 0) is 59.2 Å². The molecule has 0 N–H and O–H groups in total.